The van der Waals surface area contributed by atoms with Crippen molar-refractivity contribution < 1.29 is 9.79 Å². The van der Waals surface area contributed by atoms with E-state index in [1.165, 1.54) is 64.6 Å². The van der Waals surface area contributed by atoms with Gasteiger partial charge in [-0.1, -0.05) is 33.1 Å². The van der Waals surface area contributed by atoms with Gasteiger partial charge in [-0.3, -0.25) is 15.5 Å². The molecule has 5 heteroatoms. The van der Waals surface area contributed by atoms with Crippen LogP contribution in [0.25, 0.3) is 0 Å². The maximum absolute atomic E-state index is 12.9. The highest BCUT2D eigenvalue weighted by Gasteiger charge is 2.49. The van der Waals surface area contributed by atoms with Gasteiger partial charge in [-0.25, -0.2) is 0 Å². The molecule has 3 N–H and O–H groups in total. The lowest BCUT2D eigenvalue weighted by molar-refractivity contribution is -0.527. The average molecular weight is 364 g/mol. The summed E-state index contributed by atoms with van der Waals surface area (Å²) in [6, 6.07) is 0. The number of guanidine groups is 1. The Morgan fingerprint density at radius 3 is 2.31 bits per heavy atom. The molecule has 1 aliphatic carbocycles. The van der Waals surface area contributed by atoms with Crippen LogP contribution in [0, 0.1) is 17.8 Å². The smallest absolute Gasteiger partial charge is 0.303 e. The fourth-order valence-electron chi connectivity index (χ4n) is 5.29. The quantitative estimate of drug-likeness (QED) is 0.748. The summed E-state index contributed by atoms with van der Waals surface area (Å²) in [6.45, 7) is 10.7. The molecule has 0 spiro atoms. The van der Waals surface area contributed by atoms with Crippen molar-refractivity contribution in [2.24, 2.45) is 23.5 Å². The van der Waals surface area contributed by atoms with Gasteiger partial charge in [-0.05, 0) is 69.9 Å². The van der Waals surface area contributed by atoms with Crippen molar-refractivity contribution in [3.05, 3.63) is 0 Å². The first kappa shape index (κ1) is 19.7. The molecule has 0 aromatic carbocycles. The van der Waals surface area contributed by atoms with E-state index < -0.39 is 5.54 Å². The number of carbonyl (C=O) groups excluding carboxylic acids is 1. The summed E-state index contributed by atoms with van der Waals surface area (Å²) < 4.78 is 0. The molecule has 2 aliphatic heterocycles. The second-order valence-electron chi connectivity index (χ2n) is 9.60. The molecule has 1 amide bonds. The number of nitrogens with zero attached hydrogens (tertiary/aromatic N) is 2. The first-order valence-corrected chi connectivity index (χ1v) is 10.8. The van der Waals surface area contributed by atoms with Crippen LogP contribution >= 0.6 is 0 Å². The Kier molecular flexibility index (Phi) is 6.26. The van der Waals surface area contributed by atoms with Crippen molar-refractivity contribution in [2.45, 2.75) is 77.7 Å². The number of carbonyl (C=O) groups is 1. The van der Waals surface area contributed by atoms with E-state index in [9.17, 15) is 4.79 Å². The Morgan fingerprint density at radius 2 is 1.69 bits per heavy atom. The second-order valence-corrected chi connectivity index (χ2v) is 9.60. The summed E-state index contributed by atoms with van der Waals surface area (Å²) in [5.41, 5.74) is 5.66. The number of amides is 1. The van der Waals surface area contributed by atoms with Crippen molar-refractivity contribution in [2.75, 3.05) is 26.2 Å². The molecular weight excluding hydrogens is 324 g/mol. The Balaban J connectivity index is 1.47. The lowest BCUT2D eigenvalue weighted by Gasteiger charge is -2.35. The van der Waals surface area contributed by atoms with Crippen molar-refractivity contribution in [3.8, 4) is 0 Å². The molecule has 1 saturated carbocycles. The number of hydrogen-bond donors (Lipinski definition) is 2. The third-order valence-electron chi connectivity index (χ3n) is 6.62. The molecule has 26 heavy (non-hydrogen) atoms. The molecule has 2 heterocycles. The van der Waals surface area contributed by atoms with E-state index >= 15 is 0 Å². The van der Waals surface area contributed by atoms with Crippen LogP contribution in [0.2, 0.25) is 0 Å². The topological polar surface area (TPSA) is 63.5 Å². The van der Waals surface area contributed by atoms with Gasteiger partial charge < -0.3 is 4.90 Å². The van der Waals surface area contributed by atoms with Crippen LogP contribution in [0.4, 0.5) is 0 Å². The number of nitrogens with two attached hydrogens (primary N) is 1. The maximum Gasteiger partial charge on any atom is 0.351 e. The lowest BCUT2D eigenvalue weighted by atomic mass is 9.87. The second kappa shape index (κ2) is 8.28. The number of hydrogen-bond acceptors (Lipinski definition) is 3. The molecular formula is C21H39N4O+. The third-order valence-corrected chi connectivity index (χ3v) is 6.62. The summed E-state index contributed by atoms with van der Waals surface area (Å²) in [5.74, 6) is 2.68. The van der Waals surface area contributed by atoms with Gasteiger partial charge in [0.2, 0.25) is 0 Å². The highest BCUT2D eigenvalue weighted by molar-refractivity contribution is 6.01. The lowest BCUT2D eigenvalue weighted by Crippen LogP contribution is -2.86. The zero-order valence-electron chi connectivity index (χ0n) is 17.1. The standard InChI is InChI=1S/C21H38N4O/c1-16(2)13-21(3)19(26)25(20(22)23-21)15-18-9-11-24(12-10-18)14-17-7-5-4-6-8-17/h16-18H,4-15H2,1-3H3,(H2,22,23)/p+1. The maximum atomic E-state index is 12.9. The molecule has 5 nitrogen and oxygen atoms in total. The van der Waals surface area contributed by atoms with Crippen molar-refractivity contribution in [1.82, 2.24) is 9.80 Å². The molecule has 1 saturated heterocycles. The largest absolute Gasteiger partial charge is 0.351 e. The van der Waals surface area contributed by atoms with E-state index in [1.807, 2.05) is 11.8 Å². The van der Waals surface area contributed by atoms with E-state index in [0.717, 1.165) is 18.9 Å². The monoisotopic (exact) mass is 363 g/mol. The fraction of sp³-hybridized carbons (Fsp3) is 0.905. The first-order chi connectivity index (χ1) is 12.4. The Labute approximate surface area is 159 Å². The molecule has 0 bridgehead atoms. The number of likely N-dealkylation sites (tertiary alicyclic amines) is 1. The number of rotatable bonds is 6. The molecule has 3 rings (SSSR count). The Morgan fingerprint density at radius 1 is 1.08 bits per heavy atom. The predicted octanol–water partition coefficient (Wildman–Crippen LogP) is 1.32. The summed E-state index contributed by atoms with van der Waals surface area (Å²) >= 11 is 0. The summed E-state index contributed by atoms with van der Waals surface area (Å²) in [5, 5.41) is 0. The van der Waals surface area contributed by atoms with Gasteiger partial charge in [0.25, 0.3) is 0 Å². The van der Waals surface area contributed by atoms with Crippen molar-refractivity contribution >= 4 is 11.9 Å². The number of piperidine rings is 1. The highest BCUT2D eigenvalue weighted by atomic mass is 16.2. The Bertz CT molecular complexity index is 518. The molecule has 0 aromatic rings. The van der Waals surface area contributed by atoms with Crippen LogP contribution in [-0.4, -0.2) is 53.4 Å². The van der Waals surface area contributed by atoms with Gasteiger partial charge in [0.15, 0.2) is 5.54 Å². The molecule has 2 fully saturated rings. The summed E-state index contributed by atoms with van der Waals surface area (Å²) in [6.07, 6.45) is 10.3. The fourth-order valence-corrected chi connectivity index (χ4v) is 5.29. The van der Waals surface area contributed by atoms with Gasteiger partial charge in [0, 0.05) is 6.54 Å². The van der Waals surface area contributed by atoms with Gasteiger partial charge >= 0.3 is 11.9 Å². The molecule has 3 aliphatic rings. The minimum absolute atomic E-state index is 0.160. The van der Waals surface area contributed by atoms with Gasteiger partial charge in [-0.15, -0.1) is 0 Å². The summed E-state index contributed by atoms with van der Waals surface area (Å²) in [7, 11) is 0. The van der Waals surface area contributed by atoms with E-state index in [4.69, 9.17) is 5.73 Å². The predicted molar refractivity (Wildman–Crippen MR) is 105 cm³/mol. The molecule has 0 radical (unpaired) electrons. The van der Waals surface area contributed by atoms with Crippen LogP contribution in [0.1, 0.15) is 72.1 Å². The number of nitrogens with one attached hydrogen (secondary N) is 1. The van der Waals surface area contributed by atoms with E-state index in [2.05, 4.69) is 23.7 Å². The summed E-state index contributed by atoms with van der Waals surface area (Å²) in [4.78, 5) is 20.7. The van der Waals surface area contributed by atoms with Crippen LogP contribution in [0.5, 0.6) is 0 Å². The van der Waals surface area contributed by atoms with Gasteiger partial charge in [0.1, 0.15) is 0 Å². The van der Waals surface area contributed by atoms with Crippen LogP contribution in [-0.2, 0) is 4.79 Å². The van der Waals surface area contributed by atoms with Crippen molar-refractivity contribution in [3.63, 3.8) is 0 Å². The minimum atomic E-state index is -0.528. The van der Waals surface area contributed by atoms with E-state index in [0.29, 0.717) is 17.8 Å². The first-order valence-electron chi connectivity index (χ1n) is 10.8. The Hall–Kier alpha value is -1.10. The molecule has 148 valence electrons. The molecule has 1 atom stereocenters. The average Bonchev–Trinajstić information content (AvgIpc) is 2.80. The van der Waals surface area contributed by atoms with Gasteiger partial charge in [0.05, 0.1) is 6.54 Å². The van der Waals surface area contributed by atoms with E-state index in [-0.39, 0.29) is 5.91 Å². The van der Waals surface area contributed by atoms with Crippen LogP contribution < -0.4 is 10.7 Å². The molecule has 0 aromatic heterocycles. The van der Waals surface area contributed by atoms with Gasteiger partial charge in [-0.2, -0.15) is 4.90 Å². The third kappa shape index (κ3) is 4.59. The van der Waals surface area contributed by atoms with Crippen LogP contribution in [0.3, 0.4) is 0 Å². The van der Waals surface area contributed by atoms with E-state index in [1.54, 1.807) is 0 Å². The minimum Gasteiger partial charge on any atom is -0.303 e. The van der Waals surface area contributed by atoms with Crippen molar-refractivity contribution in [1.29, 1.82) is 0 Å². The highest BCUT2D eigenvalue weighted by Crippen LogP contribution is 2.27. The SMILES string of the molecule is CC(C)CC1(C)[NH+]=C(N)N(CC2CCN(CC3CCCCC3)CC2)C1=O. The van der Waals surface area contributed by atoms with Crippen LogP contribution in [0.15, 0.2) is 0 Å². The normalized spacial score (nSPS) is 29.6. The zero-order valence-corrected chi connectivity index (χ0v) is 17.1. The zero-order chi connectivity index (χ0) is 18.7. The molecule has 1 unspecified atom stereocenters.